The van der Waals surface area contributed by atoms with Crippen molar-refractivity contribution >= 4 is 17.5 Å². The molecule has 4 aromatic rings. The number of halogens is 3. The summed E-state index contributed by atoms with van der Waals surface area (Å²) in [5.74, 6) is -2.43. The van der Waals surface area contributed by atoms with E-state index in [2.05, 4.69) is 25.3 Å². The third-order valence-corrected chi connectivity index (χ3v) is 6.85. The van der Waals surface area contributed by atoms with Crippen molar-refractivity contribution in [2.24, 2.45) is 0 Å². The Morgan fingerprint density at radius 1 is 1.17 bits per heavy atom. The molecule has 0 unspecified atom stereocenters. The van der Waals surface area contributed by atoms with Crippen molar-refractivity contribution in [1.29, 1.82) is 0 Å². The number of nitrogens with one attached hydrogen (secondary N) is 1. The predicted octanol–water partition coefficient (Wildman–Crippen LogP) is 5.01. The van der Waals surface area contributed by atoms with Crippen molar-refractivity contribution in [3.05, 3.63) is 105 Å². The highest BCUT2D eigenvalue weighted by atomic mass is 35.5. The van der Waals surface area contributed by atoms with Crippen molar-refractivity contribution in [1.82, 2.24) is 29.8 Å². The summed E-state index contributed by atoms with van der Waals surface area (Å²) in [6.07, 6.45) is 9.12. The summed E-state index contributed by atoms with van der Waals surface area (Å²) in [5, 5.41) is 2.37. The number of rotatable bonds is 6. The summed E-state index contributed by atoms with van der Waals surface area (Å²) in [6.45, 7) is 2.08. The molecule has 5 heterocycles. The molecule has 0 aliphatic carbocycles. The van der Waals surface area contributed by atoms with Gasteiger partial charge in [-0.1, -0.05) is 23.8 Å². The Morgan fingerprint density at radius 3 is 2.74 bits per heavy atom. The second kappa shape index (κ2) is 11.8. The average molecular weight is 595 g/mol. The predicted molar refractivity (Wildman–Crippen MR) is 152 cm³/mol. The van der Waals surface area contributed by atoms with Crippen LogP contribution in [0, 0.1) is 11.6 Å². The van der Waals surface area contributed by atoms with Gasteiger partial charge in [0.05, 0.1) is 31.6 Å². The Labute approximate surface area is 248 Å². The summed E-state index contributed by atoms with van der Waals surface area (Å²) in [4.78, 5) is 42.6. The van der Waals surface area contributed by atoms with Gasteiger partial charge in [-0.25, -0.2) is 18.7 Å². The van der Waals surface area contributed by atoms with Gasteiger partial charge in [0.1, 0.15) is 28.8 Å². The van der Waals surface area contributed by atoms with Crippen molar-refractivity contribution in [2.75, 3.05) is 0 Å². The normalized spacial score (nSPS) is 14.7. The number of carbonyl (C=O) groups is 1. The van der Waals surface area contributed by atoms with E-state index < -0.39 is 40.0 Å². The summed E-state index contributed by atoms with van der Waals surface area (Å²) in [7, 11) is 0. The summed E-state index contributed by atoms with van der Waals surface area (Å²) < 4.78 is 51.1. The van der Waals surface area contributed by atoms with Gasteiger partial charge >= 0.3 is 0 Å². The van der Waals surface area contributed by atoms with Crippen molar-refractivity contribution in [3.63, 3.8) is 0 Å². The number of allylic oxidation sites excluding steroid dienone is 2. The van der Waals surface area contributed by atoms with Gasteiger partial charge in [0.25, 0.3) is 5.56 Å². The zero-order valence-corrected chi connectivity index (χ0v) is 23.7. The Bertz CT molecular complexity index is 1870. The topological polar surface area (TPSA) is 112 Å². The van der Waals surface area contributed by atoms with Crippen LogP contribution < -0.4 is 15.6 Å². The van der Waals surface area contributed by atoms with Crippen LogP contribution in [-0.4, -0.2) is 30.4 Å². The lowest BCUT2D eigenvalue weighted by molar-refractivity contribution is -0.120. The molecule has 1 aliphatic heterocycles. The van der Waals surface area contributed by atoms with Crippen LogP contribution in [0.15, 0.2) is 59.8 Å². The van der Waals surface area contributed by atoms with Gasteiger partial charge in [-0.15, -0.1) is 0 Å². The van der Waals surface area contributed by atoms with Gasteiger partial charge in [-0.3, -0.25) is 24.1 Å². The minimum atomic E-state index is -2.88. The second-order valence-electron chi connectivity index (χ2n) is 10.1. The van der Waals surface area contributed by atoms with E-state index in [1.807, 2.05) is 12.2 Å². The maximum atomic E-state index is 14.4. The van der Waals surface area contributed by atoms with Crippen molar-refractivity contribution in [2.45, 2.75) is 52.1 Å². The van der Waals surface area contributed by atoms with Crippen LogP contribution in [0.4, 0.5) is 8.78 Å². The molecular formula is C30H27ClF2N6O3. The zero-order chi connectivity index (χ0) is 31.8. The molecule has 1 aliphatic rings. The molecule has 0 radical (unpaired) electrons. The summed E-state index contributed by atoms with van der Waals surface area (Å²) in [6, 6.07) is 5.27. The molecule has 0 spiro atoms. The van der Waals surface area contributed by atoms with Crippen LogP contribution in [0.1, 0.15) is 52.7 Å². The van der Waals surface area contributed by atoms with Crippen LogP contribution in [0.5, 0.6) is 5.75 Å². The fourth-order valence-corrected chi connectivity index (χ4v) is 4.74. The van der Waals surface area contributed by atoms with Gasteiger partial charge in [0, 0.05) is 37.1 Å². The molecule has 0 saturated carbocycles. The van der Waals surface area contributed by atoms with E-state index in [1.165, 1.54) is 17.6 Å². The Morgan fingerprint density at radius 2 is 1.98 bits per heavy atom. The van der Waals surface area contributed by atoms with Gasteiger partial charge in [0.2, 0.25) is 5.91 Å². The lowest BCUT2D eigenvalue weighted by Gasteiger charge is -2.24. The number of nitrogens with zero attached hydrogens (tertiary/aromatic N) is 5. The SMILES string of the molecule is [2H]C([2H])(Oc1cc2n(c(=O)c1Cl)-c1cc(-c3ccnc(C(C)(C)NC(C)=O)n3)ncc1C/C=C\CC2)c1ncc(F)cc1F. The molecule has 1 amide bonds. The molecule has 9 nitrogen and oxygen atoms in total. The maximum absolute atomic E-state index is 14.4. The number of carbonyl (C=O) groups excluding carboxylic acids is 1. The van der Waals surface area contributed by atoms with Crippen molar-refractivity contribution < 1.29 is 21.1 Å². The summed E-state index contributed by atoms with van der Waals surface area (Å²) >= 11 is 6.47. The zero-order valence-electron chi connectivity index (χ0n) is 24.9. The molecule has 216 valence electrons. The lowest BCUT2D eigenvalue weighted by atomic mass is 10.0. The highest BCUT2D eigenvalue weighted by Crippen LogP contribution is 2.30. The first-order valence-corrected chi connectivity index (χ1v) is 13.4. The smallest absolute Gasteiger partial charge is 0.277 e. The second-order valence-corrected chi connectivity index (χ2v) is 10.5. The third-order valence-electron chi connectivity index (χ3n) is 6.50. The van der Waals surface area contributed by atoms with Gasteiger partial charge in [0.15, 0.2) is 11.6 Å². The van der Waals surface area contributed by atoms with Gasteiger partial charge < -0.3 is 10.1 Å². The molecule has 1 N–H and O–H groups in total. The monoisotopic (exact) mass is 594 g/mol. The standard InChI is InChI=1S/C30H27ClF2N6O3/c1-17(40)38-30(2,3)29-34-10-9-22(37-29)23-13-25-18(14-35-23)7-5-4-6-8-20-12-26(27(31)28(41)39(20)25)42-16-24-21(33)11-19(32)15-36-24/h4-5,9-15H,6-8,16H2,1-3H3,(H,38,40)/b5-4-/i16D2. The number of aromatic nitrogens is 5. The average Bonchev–Trinajstić information content (AvgIpc) is 3.03. The van der Waals surface area contributed by atoms with E-state index in [4.69, 9.17) is 19.1 Å². The number of hydrogen-bond donors (Lipinski definition) is 1. The highest BCUT2D eigenvalue weighted by Gasteiger charge is 2.26. The van der Waals surface area contributed by atoms with E-state index in [-0.39, 0.29) is 11.7 Å². The number of ether oxygens (including phenoxy) is 1. The number of aryl methyl sites for hydroxylation is 1. The van der Waals surface area contributed by atoms with Crippen LogP contribution >= 0.6 is 11.6 Å². The van der Waals surface area contributed by atoms with E-state index in [9.17, 15) is 18.4 Å². The Balaban J connectivity index is 1.61. The fourth-order valence-electron chi connectivity index (χ4n) is 4.56. The Hall–Kier alpha value is -4.51. The van der Waals surface area contributed by atoms with Crippen LogP contribution in [0.25, 0.3) is 17.1 Å². The van der Waals surface area contributed by atoms with E-state index >= 15 is 0 Å². The molecule has 4 aromatic heterocycles. The maximum Gasteiger partial charge on any atom is 0.277 e. The molecule has 0 atom stereocenters. The molecule has 0 fully saturated rings. The van der Waals surface area contributed by atoms with Crippen LogP contribution in [0.2, 0.25) is 5.02 Å². The number of amides is 1. The minimum Gasteiger partial charge on any atom is -0.485 e. The molecule has 12 heteroatoms. The van der Waals surface area contributed by atoms with Gasteiger partial charge in [-0.2, -0.15) is 0 Å². The van der Waals surface area contributed by atoms with Crippen LogP contribution in [-0.2, 0) is 29.7 Å². The van der Waals surface area contributed by atoms with Gasteiger partial charge in [-0.05, 0) is 50.8 Å². The van der Waals surface area contributed by atoms with E-state index in [0.29, 0.717) is 65.7 Å². The fraction of sp³-hybridized carbons (Fsp3) is 0.267. The molecule has 42 heavy (non-hydrogen) atoms. The quantitative estimate of drug-likeness (QED) is 0.312. The first kappa shape index (κ1) is 26.4. The largest absolute Gasteiger partial charge is 0.485 e. The lowest BCUT2D eigenvalue weighted by Crippen LogP contribution is -2.41. The first-order valence-electron chi connectivity index (χ1n) is 14.0. The number of fused-ring (bicyclic) bond motifs is 3. The molecule has 0 saturated heterocycles. The van der Waals surface area contributed by atoms with Crippen LogP contribution in [0.3, 0.4) is 0 Å². The Kier molecular flexibility index (Phi) is 7.40. The molecule has 0 aromatic carbocycles. The van der Waals surface area contributed by atoms with Crippen molar-refractivity contribution in [3.8, 4) is 22.8 Å². The highest BCUT2D eigenvalue weighted by molar-refractivity contribution is 6.31. The minimum absolute atomic E-state index is 0.240. The summed E-state index contributed by atoms with van der Waals surface area (Å²) in [5.41, 5.74) is 0.154. The number of pyridine rings is 3. The number of hydrogen-bond acceptors (Lipinski definition) is 7. The molecule has 0 bridgehead atoms. The third kappa shape index (κ3) is 6.06. The van der Waals surface area contributed by atoms with E-state index in [0.717, 1.165) is 0 Å². The first-order chi connectivity index (χ1) is 20.8. The van der Waals surface area contributed by atoms with E-state index in [1.54, 1.807) is 38.4 Å². The molecular weight excluding hydrogens is 566 g/mol. The molecule has 5 rings (SSSR count).